The highest BCUT2D eigenvalue weighted by Crippen LogP contribution is 2.39. The fraction of sp³-hybridized carbons (Fsp3) is 0.222. The van der Waals surface area contributed by atoms with Crippen LogP contribution in [-0.2, 0) is 9.53 Å². The third-order valence-electron chi connectivity index (χ3n) is 6.06. The van der Waals surface area contributed by atoms with Crippen LogP contribution in [0.15, 0.2) is 71.4 Å². The third kappa shape index (κ3) is 3.65. The summed E-state index contributed by atoms with van der Waals surface area (Å²) in [5.41, 5.74) is 4.62. The average molecular weight is 428 g/mol. The summed E-state index contributed by atoms with van der Waals surface area (Å²) in [6.45, 7) is 4.34. The first kappa shape index (κ1) is 20.3. The Balaban J connectivity index is 1.61. The van der Waals surface area contributed by atoms with E-state index in [9.17, 15) is 4.79 Å². The fourth-order valence-electron chi connectivity index (χ4n) is 4.34. The fourth-order valence-corrected chi connectivity index (χ4v) is 4.34. The van der Waals surface area contributed by atoms with E-state index in [1.54, 1.807) is 19.4 Å². The molecule has 2 heterocycles. The van der Waals surface area contributed by atoms with Gasteiger partial charge in [-0.25, -0.2) is 0 Å². The van der Waals surface area contributed by atoms with Gasteiger partial charge in [0, 0.05) is 41.7 Å². The summed E-state index contributed by atoms with van der Waals surface area (Å²) in [5.74, 6) is 0.675. The van der Waals surface area contributed by atoms with Gasteiger partial charge in [-0.15, -0.1) is 0 Å². The molecule has 32 heavy (non-hydrogen) atoms. The Morgan fingerprint density at radius 2 is 1.78 bits per heavy atom. The van der Waals surface area contributed by atoms with Gasteiger partial charge < -0.3 is 18.8 Å². The summed E-state index contributed by atoms with van der Waals surface area (Å²) in [4.78, 5) is 14.6. The number of benzene rings is 3. The predicted molar refractivity (Wildman–Crippen MR) is 127 cm³/mol. The van der Waals surface area contributed by atoms with Gasteiger partial charge in [0.1, 0.15) is 11.3 Å². The molecule has 0 saturated carbocycles. The second-order valence-electron chi connectivity index (χ2n) is 7.99. The molecule has 0 radical (unpaired) electrons. The SMILES string of the molecule is COc1cc2occ(-c3cccc4ccccc34)c2cc1/C(C)=C/C(=O)N1CCOCC1. The molecule has 0 unspecified atom stereocenters. The van der Waals surface area contributed by atoms with E-state index in [0.29, 0.717) is 32.1 Å². The molecule has 5 heteroatoms. The number of methoxy groups -OCH3 is 1. The van der Waals surface area contributed by atoms with Crippen LogP contribution in [0.4, 0.5) is 0 Å². The van der Waals surface area contributed by atoms with Crippen molar-refractivity contribution >= 4 is 33.2 Å². The zero-order valence-corrected chi connectivity index (χ0v) is 18.3. The maximum Gasteiger partial charge on any atom is 0.247 e. The Hall–Kier alpha value is -3.57. The highest BCUT2D eigenvalue weighted by Gasteiger charge is 2.18. The van der Waals surface area contributed by atoms with Gasteiger partial charge in [0.25, 0.3) is 0 Å². The van der Waals surface area contributed by atoms with E-state index < -0.39 is 0 Å². The molecular weight excluding hydrogens is 402 g/mol. The second kappa shape index (κ2) is 8.52. The number of carbonyl (C=O) groups excluding carboxylic acids is 1. The van der Waals surface area contributed by atoms with E-state index in [-0.39, 0.29) is 5.91 Å². The van der Waals surface area contributed by atoms with Crippen LogP contribution in [0.2, 0.25) is 0 Å². The van der Waals surface area contributed by atoms with Gasteiger partial charge in [0.15, 0.2) is 0 Å². The number of allylic oxidation sites excluding steroid dienone is 1. The Labute approximate surface area is 186 Å². The maximum absolute atomic E-state index is 12.8. The number of ether oxygens (including phenoxy) is 2. The summed E-state index contributed by atoms with van der Waals surface area (Å²) in [7, 11) is 1.64. The predicted octanol–water partition coefficient (Wildman–Crippen LogP) is 5.52. The quantitative estimate of drug-likeness (QED) is 0.402. The minimum Gasteiger partial charge on any atom is -0.496 e. The highest BCUT2D eigenvalue weighted by atomic mass is 16.5. The van der Waals surface area contributed by atoms with Gasteiger partial charge >= 0.3 is 0 Å². The molecule has 1 aliphatic heterocycles. The van der Waals surface area contributed by atoms with Gasteiger partial charge in [-0.2, -0.15) is 0 Å². The molecule has 5 rings (SSSR count). The Morgan fingerprint density at radius 3 is 2.59 bits per heavy atom. The standard InChI is InChI=1S/C27H25NO4/c1-18(14-27(29)28-10-12-31-13-11-28)22-15-23-24(17-32-26(23)16-25(22)30-2)21-9-5-7-19-6-3-4-8-20(19)21/h3-9,14-17H,10-13H2,1-2H3/b18-14+. The highest BCUT2D eigenvalue weighted by molar-refractivity contribution is 6.06. The van der Waals surface area contributed by atoms with Gasteiger partial charge in [0.05, 0.1) is 26.6 Å². The van der Waals surface area contributed by atoms with Crippen LogP contribution >= 0.6 is 0 Å². The van der Waals surface area contributed by atoms with Crippen LogP contribution in [0.1, 0.15) is 12.5 Å². The van der Waals surface area contributed by atoms with E-state index in [4.69, 9.17) is 13.9 Å². The van der Waals surface area contributed by atoms with Crippen molar-refractivity contribution in [1.82, 2.24) is 4.90 Å². The lowest BCUT2D eigenvalue weighted by Gasteiger charge is -2.26. The zero-order chi connectivity index (χ0) is 22.1. The molecule has 1 aromatic heterocycles. The molecule has 162 valence electrons. The van der Waals surface area contributed by atoms with E-state index in [0.717, 1.165) is 33.2 Å². The number of hydrogen-bond donors (Lipinski definition) is 0. The second-order valence-corrected chi connectivity index (χ2v) is 7.99. The van der Waals surface area contributed by atoms with Crippen molar-refractivity contribution in [3.63, 3.8) is 0 Å². The van der Waals surface area contributed by atoms with Crippen molar-refractivity contribution in [3.05, 3.63) is 72.5 Å². The lowest BCUT2D eigenvalue weighted by Crippen LogP contribution is -2.39. The number of furan rings is 1. The van der Waals surface area contributed by atoms with Crippen LogP contribution in [0.5, 0.6) is 5.75 Å². The molecule has 4 aromatic rings. The van der Waals surface area contributed by atoms with E-state index in [1.165, 1.54) is 10.8 Å². The maximum atomic E-state index is 12.8. The summed E-state index contributed by atoms with van der Waals surface area (Å²) < 4.78 is 16.9. The van der Waals surface area contributed by atoms with Gasteiger partial charge in [0.2, 0.25) is 5.91 Å². The summed E-state index contributed by atoms with van der Waals surface area (Å²) >= 11 is 0. The summed E-state index contributed by atoms with van der Waals surface area (Å²) in [6.07, 6.45) is 3.49. The summed E-state index contributed by atoms with van der Waals surface area (Å²) in [6, 6.07) is 18.6. The van der Waals surface area contributed by atoms with Crippen LogP contribution in [-0.4, -0.2) is 44.2 Å². The Morgan fingerprint density at radius 1 is 1.00 bits per heavy atom. The molecular formula is C27H25NO4. The molecule has 0 atom stereocenters. The first-order valence-electron chi connectivity index (χ1n) is 10.8. The van der Waals surface area contributed by atoms with Crippen LogP contribution in [0.3, 0.4) is 0 Å². The first-order chi connectivity index (χ1) is 15.7. The van der Waals surface area contributed by atoms with Crippen molar-refractivity contribution in [2.75, 3.05) is 33.4 Å². The molecule has 1 fully saturated rings. The normalized spacial score (nSPS) is 14.8. The monoisotopic (exact) mass is 427 g/mol. The number of amides is 1. The first-order valence-corrected chi connectivity index (χ1v) is 10.8. The smallest absolute Gasteiger partial charge is 0.247 e. The molecule has 0 aliphatic carbocycles. The molecule has 0 spiro atoms. The molecule has 0 bridgehead atoms. The van der Waals surface area contributed by atoms with Crippen molar-refractivity contribution < 1.29 is 18.7 Å². The third-order valence-corrected chi connectivity index (χ3v) is 6.06. The molecule has 1 saturated heterocycles. The van der Waals surface area contributed by atoms with E-state index in [1.807, 2.05) is 30.0 Å². The molecule has 3 aromatic carbocycles. The van der Waals surface area contributed by atoms with Gasteiger partial charge in [-0.05, 0) is 34.9 Å². The van der Waals surface area contributed by atoms with Crippen molar-refractivity contribution in [3.8, 4) is 16.9 Å². The lowest BCUT2D eigenvalue weighted by atomic mass is 9.96. The molecule has 0 N–H and O–H groups in total. The minimum atomic E-state index is -0.00517. The number of fused-ring (bicyclic) bond motifs is 2. The topological polar surface area (TPSA) is 51.9 Å². The minimum absolute atomic E-state index is 0.00517. The van der Waals surface area contributed by atoms with E-state index in [2.05, 4.69) is 36.4 Å². The number of hydrogen-bond acceptors (Lipinski definition) is 4. The van der Waals surface area contributed by atoms with Crippen LogP contribution in [0.25, 0.3) is 38.4 Å². The van der Waals surface area contributed by atoms with Crippen molar-refractivity contribution in [2.24, 2.45) is 0 Å². The largest absolute Gasteiger partial charge is 0.496 e. The number of rotatable bonds is 4. The van der Waals surface area contributed by atoms with Crippen LogP contribution in [0, 0.1) is 0 Å². The average Bonchev–Trinajstić information content (AvgIpc) is 3.26. The molecule has 5 nitrogen and oxygen atoms in total. The Kier molecular flexibility index (Phi) is 5.41. The van der Waals surface area contributed by atoms with Gasteiger partial charge in [-0.1, -0.05) is 42.5 Å². The molecule has 1 aliphatic rings. The number of morpholine rings is 1. The summed E-state index contributed by atoms with van der Waals surface area (Å²) in [5, 5.41) is 3.34. The number of carbonyl (C=O) groups is 1. The zero-order valence-electron chi connectivity index (χ0n) is 18.3. The van der Waals surface area contributed by atoms with Crippen LogP contribution < -0.4 is 4.74 Å². The van der Waals surface area contributed by atoms with E-state index >= 15 is 0 Å². The molecule has 1 amide bonds. The van der Waals surface area contributed by atoms with Gasteiger partial charge in [-0.3, -0.25) is 4.79 Å². The van der Waals surface area contributed by atoms with Crippen molar-refractivity contribution in [1.29, 1.82) is 0 Å². The van der Waals surface area contributed by atoms with Crippen molar-refractivity contribution in [2.45, 2.75) is 6.92 Å². The lowest BCUT2D eigenvalue weighted by molar-refractivity contribution is -0.129. The number of nitrogens with zero attached hydrogens (tertiary/aromatic N) is 1. The Bertz CT molecular complexity index is 1320.